The number of aliphatic hydroxyl groups is 4. The Morgan fingerprint density at radius 2 is 1.10 bits per heavy atom. The van der Waals surface area contributed by atoms with Crippen LogP contribution in [0.15, 0.2) is 36.3 Å². The number of fused-ring (bicyclic) bond motifs is 3. The topological polar surface area (TPSA) is 205 Å². The summed E-state index contributed by atoms with van der Waals surface area (Å²) in [5, 5.41) is 47.5. The van der Waals surface area contributed by atoms with Gasteiger partial charge in [-0.2, -0.15) is 0 Å². The SMILES string of the molecule is C.C.C.C.C.C.C.C.C.C.C.C.C.C.C.C.C.C.C.C.C.C.C.C.C.C.C.C.C.C.C.C.C=C(O)C(O)C(=O)[O-].COC(=O)C[C@@](O)(CCCC(C)(C)O)C(=O)O[C@@H]1C(OC)=C[C@]23CCCN2CCc2cc4c(cc2[C@H]13)OCO4. The van der Waals surface area contributed by atoms with E-state index < -0.39 is 59.0 Å². The number of carbonyl (C=O) groups excluding carboxylic acids is 3. The number of aliphatic hydroxyl groups excluding tert-OH is 2. The van der Waals surface area contributed by atoms with Gasteiger partial charge in [-0.3, -0.25) is 9.69 Å². The monoisotopic (exact) mass is 1180 g/mol. The molecule has 4 N–H and O–H groups in total. The van der Waals surface area contributed by atoms with Gasteiger partial charge in [-0.05, 0) is 88.3 Å². The van der Waals surface area contributed by atoms with E-state index in [1.54, 1.807) is 21.0 Å². The lowest BCUT2D eigenvalue weighted by Crippen LogP contribution is -2.49. The zero-order valence-corrected chi connectivity index (χ0v) is 27.2. The molecule has 14 nitrogen and oxygen atoms in total. The van der Waals surface area contributed by atoms with Crippen LogP contribution in [-0.2, 0) is 35.0 Å². The average molecular weight is 1180 g/mol. The Hall–Kier alpha value is -3.85. The summed E-state index contributed by atoms with van der Waals surface area (Å²) in [5.41, 5.74) is -1.42. The number of carboxylic acids is 1. The zero-order chi connectivity index (χ0) is 34.7. The smallest absolute Gasteiger partial charge is 0.339 e. The van der Waals surface area contributed by atoms with Gasteiger partial charge in [0.2, 0.25) is 6.79 Å². The lowest BCUT2D eigenvalue weighted by atomic mass is 9.77. The first-order valence-corrected chi connectivity index (χ1v) is 15.5. The van der Waals surface area contributed by atoms with E-state index in [-0.39, 0.29) is 257 Å². The molecule has 1 aromatic rings. The molecule has 0 amide bonds. The molecule has 1 fully saturated rings. The van der Waals surface area contributed by atoms with Crippen LogP contribution in [0.3, 0.4) is 0 Å². The quantitative estimate of drug-likeness (QED) is 0.120. The van der Waals surface area contributed by atoms with Gasteiger partial charge in [-0.15, -0.1) is 0 Å². The van der Waals surface area contributed by atoms with E-state index in [1.165, 1.54) is 7.11 Å². The van der Waals surface area contributed by atoms with Crippen molar-refractivity contribution in [2.24, 2.45) is 0 Å². The Balaban J connectivity index is -0.0000000217. The minimum atomic E-state index is -2.12. The van der Waals surface area contributed by atoms with Crippen molar-refractivity contribution in [2.45, 2.75) is 331 Å². The molecule has 1 spiro atoms. The van der Waals surface area contributed by atoms with Gasteiger partial charge in [-0.1, -0.05) is 244 Å². The maximum Gasteiger partial charge on any atom is 0.339 e. The van der Waals surface area contributed by atoms with Crippen molar-refractivity contribution in [3.63, 3.8) is 0 Å². The van der Waals surface area contributed by atoms with Gasteiger partial charge in [0.05, 0.1) is 43.7 Å². The van der Waals surface area contributed by atoms with Crippen LogP contribution in [-0.4, -0.2) is 106 Å². The van der Waals surface area contributed by atoms with Crippen molar-refractivity contribution in [1.29, 1.82) is 0 Å². The van der Waals surface area contributed by atoms with E-state index in [4.69, 9.17) is 33.9 Å². The Labute approximate surface area is 509 Å². The second-order valence-corrected chi connectivity index (χ2v) is 13.0. The fourth-order valence-electron chi connectivity index (χ4n) is 6.84. The molecule has 5 rings (SSSR count). The molecular weight excluding hydrogens is 1000 g/mol. The van der Waals surface area contributed by atoms with Gasteiger partial charge < -0.3 is 54.0 Å². The van der Waals surface area contributed by atoms with Crippen molar-refractivity contribution >= 4 is 17.9 Å². The normalized spacial score (nSPS) is 14.6. The van der Waals surface area contributed by atoms with Crippen LogP contribution in [0.2, 0.25) is 0 Å². The molecule has 0 bridgehead atoms. The number of hydrogen-bond acceptors (Lipinski definition) is 14. The van der Waals surface area contributed by atoms with Gasteiger partial charge in [0.15, 0.2) is 23.2 Å². The third-order valence-corrected chi connectivity index (χ3v) is 9.16. The molecule has 0 aromatic heterocycles. The number of esters is 2. The van der Waals surface area contributed by atoms with Crippen LogP contribution >= 0.6 is 0 Å². The summed E-state index contributed by atoms with van der Waals surface area (Å²) in [6, 6.07) is 4.00. The van der Waals surface area contributed by atoms with E-state index in [0.717, 1.165) is 43.5 Å². The highest BCUT2D eigenvalue weighted by Crippen LogP contribution is 2.55. The summed E-state index contributed by atoms with van der Waals surface area (Å²) < 4.78 is 28.1. The number of methoxy groups -OCH3 is 2. The number of carboxylic acid groups (broad SMARTS) is 1. The Morgan fingerprint density at radius 1 is 0.696 bits per heavy atom. The van der Waals surface area contributed by atoms with Crippen molar-refractivity contribution in [3.8, 4) is 11.5 Å². The summed E-state index contributed by atoms with van der Waals surface area (Å²) in [5.74, 6) is -2.63. The number of rotatable bonds is 11. The highest BCUT2D eigenvalue weighted by Gasteiger charge is 2.59. The first-order valence-electron chi connectivity index (χ1n) is 15.5. The standard InChI is InChI=1S/C29H39NO9.C4H6O4.32CH4/c1-27(2,33)8-5-10-29(34,16-23(31)36-4)26(32)39-25-22(35-3)15-28-9-6-11-30(28)12-7-18-13-20-21(38-17-37-20)14-19(18)24(25)28;1-2(5)3(6)4(7)8;;;;;;;;;;;;;;;;;;;;;;;;;;;;;;;;/h13-15,24-25,33-34H,5-12,16-17H2,1-4H3;3,5-6H,1H2,(H,7,8);32*1H4/p-1/t24-,25-,28+,29+;;;;;;;;;;;;;;;;;;;;;;;;;;;;;;;;;/m1................................./s1. The van der Waals surface area contributed by atoms with Crippen molar-refractivity contribution in [2.75, 3.05) is 34.1 Å². The van der Waals surface area contributed by atoms with Gasteiger partial charge in [0.1, 0.15) is 17.6 Å². The highest BCUT2D eigenvalue weighted by molar-refractivity contribution is 5.86. The summed E-state index contributed by atoms with van der Waals surface area (Å²) in [4.78, 5) is 38.0. The summed E-state index contributed by atoms with van der Waals surface area (Å²) in [7, 11) is 2.76. The van der Waals surface area contributed by atoms with Gasteiger partial charge in [0.25, 0.3) is 0 Å². The molecule has 1 saturated heterocycles. The molecule has 3 heterocycles. The number of carbonyl (C=O) groups is 3. The Bertz CT molecular complexity index is 1400. The first-order chi connectivity index (χ1) is 22.0. The van der Waals surface area contributed by atoms with Crippen molar-refractivity contribution in [3.05, 3.63) is 47.4 Å². The van der Waals surface area contributed by atoms with Crippen LogP contribution in [0.1, 0.15) is 307 Å². The van der Waals surface area contributed by atoms with Gasteiger partial charge in [0, 0.05) is 6.54 Å². The number of ether oxygens (including phenoxy) is 5. The second-order valence-electron chi connectivity index (χ2n) is 13.0. The fourth-order valence-corrected chi connectivity index (χ4v) is 6.84. The average Bonchev–Trinajstić information content (AvgIpc) is 3.69. The Kier molecular flexibility index (Phi) is 192. The molecule has 4 aliphatic rings. The van der Waals surface area contributed by atoms with Crippen LogP contribution in [0.4, 0.5) is 0 Å². The Morgan fingerprint density at radius 3 is 1.44 bits per heavy atom. The molecule has 0 saturated carbocycles. The third-order valence-electron chi connectivity index (χ3n) is 9.16. The molecule has 79 heavy (non-hydrogen) atoms. The summed E-state index contributed by atoms with van der Waals surface area (Å²) in [6.07, 6.45) is 1.98. The highest BCUT2D eigenvalue weighted by atomic mass is 16.7. The van der Waals surface area contributed by atoms with Crippen LogP contribution in [0.25, 0.3) is 0 Å². The molecule has 0 radical (unpaired) electrons. The van der Waals surface area contributed by atoms with Crippen molar-refractivity contribution in [1.82, 2.24) is 4.90 Å². The summed E-state index contributed by atoms with van der Waals surface area (Å²) >= 11 is 0. The van der Waals surface area contributed by atoms with Gasteiger partial charge >= 0.3 is 11.9 Å². The molecule has 1 aliphatic carbocycles. The number of benzene rings is 1. The molecule has 5 atom stereocenters. The lowest BCUT2D eigenvalue weighted by molar-refractivity contribution is -0.314. The van der Waals surface area contributed by atoms with E-state index >= 15 is 0 Å². The second kappa shape index (κ2) is 78.4. The van der Waals surface area contributed by atoms with Crippen LogP contribution < -0.4 is 14.6 Å². The molecule has 516 valence electrons. The zero-order valence-electron chi connectivity index (χ0n) is 27.2. The maximum atomic E-state index is 13.8. The number of aliphatic carboxylic acids is 1. The molecule has 1 aromatic carbocycles. The predicted molar refractivity (Wildman–Crippen MR) is 377 cm³/mol. The number of nitrogens with zero attached hydrogens (tertiary/aromatic N) is 1. The molecule has 3 aliphatic heterocycles. The van der Waals surface area contributed by atoms with Crippen LogP contribution in [0.5, 0.6) is 11.5 Å². The molecule has 14 heteroatoms. The van der Waals surface area contributed by atoms with E-state index in [2.05, 4.69) is 17.6 Å². The maximum absolute atomic E-state index is 13.8. The van der Waals surface area contributed by atoms with E-state index in [1.807, 2.05) is 12.1 Å². The molecule has 1 unspecified atom stereocenters. The number of hydrogen-bond donors (Lipinski definition) is 4. The summed E-state index contributed by atoms with van der Waals surface area (Å²) in [6.45, 7) is 7.97. The minimum Gasteiger partial charge on any atom is -0.547 e. The van der Waals surface area contributed by atoms with E-state index in [9.17, 15) is 29.7 Å². The van der Waals surface area contributed by atoms with Crippen molar-refractivity contribution < 1.29 is 63.6 Å². The predicted octanol–water partition coefficient (Wildman–Crippen LogP) is 21.1. The lowest BCUT2D eigenvalue weighted by Gasteiger charge is -2.39. The largest absolute Gasteiger partial charge is 0.547 e. The minimum absolute atomic E-state index is 0. The fraction of sp³-hybridized carbons (Fsp3) is 0.800. The van der Waals surface area contributed by atoms with E-state index in [0.29, 0.717) is 30.1 Å². The first kappa shape index (κ1) is 194. The molecular formula is C65H172NO13-. The van der Waals surface area contributed by atoms with Gasteiger partial charge in [-0.25, -0.2) is 4.79 Å². The third kappa shape index (κ3) is 43.5. The van der Waals surface area contributed by atoms with Crippen LogP contribution in [0, 0.1) is 0 Å².